The van der Waals surface area contributed by atoms with Crippen LogP contribution in [0.3, 0.4) is 0 Å². The van der Waals surface area contributed by atoms with Crippen LogP contribution in [0, 0.1) is 5.92 Å². The molecule has 4 heteroatoms. The molecule has 2 heterocycles. The number of fused-ring (bicyclic) bond motifs is 1. The van der Waals surface area contributed by atoms with Gasteiger partial charge in [-0.3, -0.25) is 4.79 Å². The molecule has 0 radical (unpaired) electrons. The number of carbonyl (C=O) groups excluding carboxylic acids is 1. The summed E-state index contributed by atoms with van der Waals surface area (Å²) in [6.07, 6.45) is 0.805. The fraction of sp³-hybridized carbons (Fsp3) is 0.500. The first kappa shape index (κ1) is 11.5. The van der Waals surface area contributed by atoms with Gasteiger partial charge < -0.3 is 14.2 Å². The summed E-state index contributed by atoms with van der Waals surface area (Å²) in [7, 11) is 0. The third-order valence-electron chi connectivity index (χ3n) is 3.54. The van der Waals surface area contributed by atoms with Crippen molar-refractivity contribution >= 4 is 5.78 Å². The van der Waals surface area contributed by atoms with Crippen LogP contribution in [0.2, 0.25) is 0 Å². The van der Waals surface area contributed by atoms with Crippen molar-refractivity contribution in [2.75, 3.05) is 19.8 Å². The molecule has 0 aliphatic carbocycles. The van der Waals surface area contributed by atoms with Crippen LogP contribution in [0.4, 0.5) is 0 Å². The highest BCUT2D eigenvalue weighted by Crippen LogP contribution is 2.33. The van der Waals surface area contributed by atoms with Crippen molar-refractivity contribution in [3.05, 3.63) is 23.8 Å². The maximum atomic E-state index is 12.4. The molecule has 2 atom stereocenters. The molecule has 96 valence electrons. The van der Waals surface area contributed by atoms with Crippen LogP contribution in [0.25, 0.3) is 0 Å². The number of carbonyl (C=O) groups is 1. The Labute approximate surface area is 106 Å². The van der Waals surface area contributed by atoms with E-state index in [1.54, 1.807) is 12.1 Å². The number of hydrogen-bond donors (Lipinski definition) is 0. The Morgan fingerprint density at radius 3 is 2.67 bits per heavy atom. The third-order valence-corrected chi connectivity index (χ3v) is 3.54. The first-order chi connectivity index (χ1) is 8.75. The molecule has 1 aromatic rings. The minimum Gasteiger partial charge on any atom is -0.486 e. The molecule has 0 saturated carbocycles. The molecule has 0 amide bonds. The van der Waals surface area contributed by atoms with E-state index < -0.39 is 0 Å². The second kappa shape index (κ2) is 4.61. The van der Waals surface area contributed by atoms with E-state index in [0.29, 0.717) is 36.9 Å². The molecule has 1 aromatic carbocycles. The van der Waals surface area contributed by atoms with Gasteiger partial charge in [0.05, 0.1) is 12.0 Å². The van der Waals surface area contributed by atoms with Gasteiger partial charge >= 0.3 is 0 Å². The van der Waals surface area contributed by atoms with Crippen LogP contribution in [-0.4, -0.2) is 31.7 Å². The molecule has 2 aliphatic heterocycles. The highest BCUT2D eigenvalue weighted by atomic mass is 16.6. The number of Topliss-reactive ketones (excluding diaryl/α,β-unsaturated/α-hetero) is 1. The molecule has 0 aromatic heterocycles. The number of benzene rings is 1. The fourth-order valence-corrected chi connectivity index (χ4v) is 2.49. The molecule has 0 spiro atoms. The summed E-state index contributed by atoms with van der Waals surface area (Å²) >= 11 is 0. The predicted molar refractivity (Wildman–Crippen MR) is 65.3 cm³/mol. The number of ketones is 1. The topological polar surface area (TPSA) is 44.8 Å². The van der Waals surface area contributed by atoms with E-state index in [1.165, 1.54) is 0 Å². The largest absolute Gasteiger partial charge is 0.486 e. The van der Waals surface area contributed by atoms with E-state index in [9.17, 15) is 4.79 Å². The average molecular weight is 248 g/mol. The molecule has 4 nitrogen and oxygen atoms in total. The van der Waals surface area contributed by atoms with Crippen molar-refractivity contribution in [1.29, 1.82) is 0 Å². The standard InChI is InChI=1S/C14H16O4/c1-9-11(4-5-16-9)14(15)10-2-3-12-13(8-10)18-7-6-17-12/h2-3,8-9,11H,4-7H2,1H3. The zero-order valence-corrected chi connectivity index (χ0v) is 10.3. The van der Waals surface area contributed by atoms with Crippen LogP contribution >= 0.6 is 0 Å². The van der Waals surface area contributed by atoms with Gasteiger partial charge in [-0.05, 0) is 31.5 Å². The summed E-state index contributed by atoms with van der Waals surface area (Å²) in [5, 5.41) is 0. The highest BCUT2D eigenvalue weighted by molar-refractivity contribution is 5.99. The van der Waals surface area contributed by atoms with Crippen LogP contribution in [0.15, 0.2) is 18.2 Å². The summed E-state index contributed by atoms with van der Waals surface area (Å²) < 4.78 is 16.4. The Bertz CT molecular complexity index is 469. The van der Waals surface area contributed by atoms with Gasteiger partial charge in [-0.15, -0.1) is 0 Å². The van der Waals surface area contributed by atoms with Crippen molar-refractivity contribution in [2.24, 2.45) is 5.92 Å². The minimum atomic E-state index is -0.0347. The Morgan fingerprint density at radius 2 is 1.94 bits per heavy atom. The van der Waals surface area contributed by atoms with Gasteiger partial charge in [0.15, 0.2) is 17.3 Å². The van der Waals surface area contributed by atoms with Crippen LogP contribution < -0.4 is 9.47 Å². The Hall–Kier alpha value is -1.55. The smallest absolute Gasteiger partial charge is 0.168 e. The Kier molecular flexibility index (Phi) is 2.96. The maximum absolute atomic E-state index is 12.4. The van der Waals surface area contributed by atoms with Gasteiger partial charge in [-0.25, -0.2) is 0 Å². The minimum absolute atomic E-state index is 0.00528. The summed E-state index contributed by atoms with van der Waals surface area (Å²) in [4.78, 5) is 12.4. The van der Waals surface area contributed by atoms with Crippen molar-refractivity contribution in [3.63, 3.8) is 0 Å². The second-order valence-corrected chi connectivity index (χ2v) is 4.69. The molecule has 3 rings (SSSR count). The monoisotopic (exact) mass is 248 g/mol. The molecule has 0 N–H and O–H groups in total. The first-order valence-corrected chi connectivity index (χ1v) is 6.31. The lowest BCUT2D eigenvalue weighted by molar-refractivity contribution is 0.0763. The predicted octanol–water partition coefficient (Wildman–Crippen LogP) is 2.07. The van der Waals surface area contributed by atoms with Gasteiger partial charge in [0.2, 0.25) is 0 Å². The van der Waals surface area contributed by atoms with E-state index >= 15 is 0 Å². The zero-order chi connectivity index (χ0) is 12.5. The second-order valence-electron chi connectivity index (χ2n) is 4.69. The molecule has 0 bridgehead atoms. The SMILES string of the molecule is CC1OCCC1C(=O)c1ccc2c(c1)OCCO2. The van der Waals surface area contributed by atoms with Crippen molar-refractivity contribution in [1.82, 2.24) is 0 Å². The maximum Gasteiger partial charge on any atom is 0.168 e. The number of ether oxygens (including phenoxy) is 3. The summed E-state index contributed by atoms with van der Waals surface area (Å²) in [6.45, 7) is 3.72. The van der Waals surface area contributed by atoms with Gasteiger partial charge in [0.25, 0.3) is 0 Å². The lowest BCUT2D eigenvalue weighted by Crippen LogP contribution is -2.22. The summed E-state index contributed by atoms with van der Waals surface area (Å²) in [6, 6.07) is 5.39. The van der Waals surface area contributed by atoms with Crippen LogP contribution in [0.1, 0.15) is 23.7 Å². The van der Waals surface area contributed by atoms with E-state index in [-0.39, 0.29) is 17.8 Å². The molecule has 1 saturated heterocycles. The Balaban J connectivity index is 1.85. The first-order valence-electron chi connectivity index (χ1n) is 6.31. The lowest BCUT2D eigenvalue weighted by atomic mass is 9.92. The van der Waals surface area contributed by atoms with Crippen LogP contribution in [-0.2, 0) is 4.74 Å². The molecular formula is C14H16O4. The molecule has 2 unspecified atom stereocenters. The van der Waals surface area contributed by atoms with Gasteiger partial charge in [-0.1, -0.05) is 0 Å². The zero-order valence-electron chi connectivity index (χ0n) is 10.3. The average Bonchev–Trinajstić information content (AvgIpc) is 2.83. The Morgan fingerprint density at radius 1 is 1.17 bits per heavy atom. The molecule has 2 aliphatic rings. The van der Waals surface area contributed by atoms with E-state index in [0.717, 1.165) is 6.42 Å². The number of rotatable bonds is 2. The van der Waals surface area contributed by atoms with Gasteiger partial charge in [0.1, 0.15) is 13.2 Å². The van der Waals surface area contributed by atoms with Crippen molar-refractivity contribution in [2.45, 2.75) is 19.4 Å². The summed E-state index contributed by atoms with van der Waals surface area (Å²) in [5.74, 6) is 1.48. The fourth-order valence-electron chi connectivity index (χ4n) is 2.49. The van der Waals surface area contributed by atoms with Crippen molar-refractivity contribution < 1.29 is 19.0 Å². The van der Waals surface area contributed by atoms with E-state index in [2.05, 4.69) is 0 Å². The van der Waals surface area contributed by atoms with Gasteiger partial charge in [0, 0.05) is 12.2 Å². The van der Waals surface area contributed by atoms with Crippen molar-refractivity contribution in [3.8, 4) is 11.5 Å². The molecule has 18 heavy (non-hydrogen) atoms. The molecular weight excluding hydrogens is 232 g/mol. The third kappa shape index (κ3) is 1.97. The normalized spacial score (nSPS) is 26.1. The molecule has 1 fully saturated rings. The van der Waals surface area contributed by atoms with Crippen LogP contribution in [0.5, 0.6) is 11.5 Å². The summed E-state index contributed by atoms with van der Waals surface area (Å²) in [5.41, 5.74) is 0.682. The van der Waals surface area contributed by atoms with Gasteiger partial charge in [-0.2, -0.15) is 0 Å². The quantitative estimate of drug-likeness (QED) is 0.751. The lowest BCUT2D eigenvalue weighted by Gasteiger charge is -2.19. The van der Waals surface area contributed by atoms with E-state index in [4.69, 9.17) is 14.2 Å². The van der Waals surface area contributed by atoms with E-state index in [1.807, 2.05) is 13.0 Å². The number of hydrogen-bond acceptors (Lipinski definition) is 4. The highest BCUT2D eigenvalue weighted by Gasteiger charge is 2.31.